The van der Waals surface area contributed by atoms with Crippen molar-refractivity contribution in [1.29, 1.82) is 0 Å². The number of halogens is 2. The van der Waals surface area contributed by atoms with Gasteiger partial charge in [-0.2, -0.15) is 0 Å². The zero-order valence-corrected chi connectivity index (χ0v) is 26.6. The number of aldehydes is 1. The minimum Gasteiger partial charge on any atom is -0.385 e. The van der Waals surface area contributed by atoms with E-state index in [-0.39, 0.29) is 42.1 Å². The van der Waals surface area contributed by atoms with E-state index in [0.29, 0.717) is 43.0 Å². The second kappa shape index (κ2) is 15.0. The highest BCUT2D eigenvalue weighted by atomic mass is 32.2. The van der Waals surface area contributed by atoms with Gasteiger partial charge in [-0.15, -0.1) is 0 Å². The largest absolute Gasteiger partial charge is 0.385 e. The van der Waals surface area contributed by atoms with Gasteiger partial charge in [-0.1, -0.05) is 0 Å². The SMILES string of the molecule is CN(C(=O)c1ccc(NCCCC2CCN(CCc3cc(F)c(N4CC(=O)NS4=O)c(OF)c3)C2)cc1C=O)C1CCC(=O)NC1=O. The second-order valence-corrected chi connectivity index (χ2v) is 13.0. The van der Waals surface area contributed by atoms with Crippen LogP contribution in [0, 0.1) is 11.7 Å². The average Bonchev–Trinajstić information content (AvgIpc) is 3.65. The minimum absolute atomic E-state index is 0.138. The van der Waals surface area contributed by atoms with Crippen LogP contribution in [-0.4, -0.2) is 89.7 Å². The molecule has 0 aromatic heterocycles. The molecule has 3 aliphatic heterocycles. The van der Waals surface area contributed by atoms with Crippen LogP contribution in [0.3, 0.4) is 0 Å². The standard InChI is InChI=1S/C31H36F2N6O7S/c1-37(25-6-7-27(41)35-30(25)43)31(44)23-5-4-22(15-21(23)18-40)34-10-2-3-19-8-11-38(16-19)12-9-20-13-24(32)29(26(14-20)46-33)39-17-28(42)36-47(39)45/h4-5,13-15,18-19,25,34H,2-3,6-12,16-17H2,1H3,(H,36,42)(H,35,41,43). The van der Waals surface area contributed by atoms with Crippen LogP contribution in [-0.2, 0) is 32.0 Å². The van der Waals surface area contributed by atoms with Gasteiger partial charge < -0.3 is 15.1 Å². The summed E-state index contributed by atoms with van der Waals surface area (Å²) >= 11 is -2.02. The summed E-state index contributed by atoms with van der Waals surface area (Å²) < 4.78 is 43.3. The third-order valence-electron chi connectivity index (χ3n) is 8.72. The van der Waals surface area contributed by atoms with Gasteiger partial charge in [0.2, 0.25) is 23.0 Å². The molecular weight excluding hydrogens is 638 g/mol. The monoisotopic (exact) mass is 674 g/mol. The number of likely N-dealkylation sites (N-methyl/N-ethyl adjacent to an activating group) is 1. The maximum absolute atomic E-state index is 14.9. The Kier molecular flexibility index (Phi) is 10.8. The number of carbonyl (C=O) groups is 5. The second-order valence-electron chi connectivity index (χ2n) is 11.9. The Morgan fingerprint density at radius 1 is 1.19 bits per heavy atom. The molecule has 16 heteroatoms. The summed E-state index contributed by atoms with van der Waals surface area (Å²) in [6, 6.07) is 6.68. The van der Waals surface area contributed by atoms with Crippen molar-refractivity contribution >= 4 is 52.5 Å². The Labute approximate surface area is 272 Å². The lowest BCUT2D eigenvalue weighted by molar-refractivity contribution is -0.136. The van der Waals surface area contributed by atoms with Crippen molar-refractivity contribution in [3.05, 3.63) is 52.8 Å². The summed E-state index contributed by atoms with van der Waals surface area (Å²) in [5.41, 5.74) is 1.21. The number of likely N-dealkylation sites (tertiary alicyclic amines) is 1. The fourth-order valence-electron chi connectivity index (χ4n) is 6.22. The summed E-state index contributed by atoms with van der Waals surface area (Å²) in [6.07, 6.45) is 4.24. The number of imide groups is 1. The molecule has 3 atom stereocenters. The van der Waals surface area contributed by atoms with Gasteiger partial charge in [0.15, 0.2) is 17.9 Å². The van der Waals surface area contributed by atoms with E-state index in [0.717, 1.165) is 36.7 Å². The quantitative estimate of drug-likeness (QED) is 0.164. The van der Waals surface area contributed by atoms with E-state index in [1.54, 1.807) is 18.2 Å². The van der Waals surface area contributed by atoms with Crippen LogP contribution in [0.25, 0.3) is 0 Å². The fourth-order valence-corrected chi connectivity index (χ4v) is 7.17. The van der Waals surface area contributed by atoms with Crippen molar-refractivity contribution in [2.75, 3.05) is 49.4 Å². The van der Waals surface area contributed by atoms with Gasteiger partial charge >= 0.3 is 0 Å². The van der Waals surface area contributed by atoms with Crippen LogP contribution in [0.5, 0.6) is 5.75 Å². The first-order chi connectivity index (χ1) is 22.6. The van der Waals surface area contributed by atoms with Crippen LogP contribution in [0.15, 0.2) is 30.3 Å². The molecule has 0 saturated carbocycles. The molecular formula is C31H36F2N6O7S. The molecule has 3 fully saturated rings. The Balaban J connectivity index is 1.06. The zero-order valence-electron chi connectivity index (χ0n) is 25.8. The lowest BCUT2D eigenvalue weighted by Gasteiger charge is -2.30. The van der Waals surface area contributed by atoms with Crippen LogP contribution < -0.4 is 24.6 Å². The number of amides is 4. The fraction of sp³-hybridized carbons (Fsp3) is 0.452. The normalized spacial score (nSPS) is 21.4. The Hall–Kier alpha value is -4.44. The van der Waals surface area contributed by atoms with Crippen molar-refractivity contribution < 1.29 is 42.0 Å². The molecule has 13 nitrogen and oxygen atoms in total. The third-order valence-corrected chi connectivity index (χ3v) is 9.84. The predicted octanol–water partition coefficient (Wildman–Crippen LogP) is 2.05. The van der Waals surface area contributed by atoms with E-state index in [1.165, 1.54) is 24.1 Å². The van der Waals surface area contributed by atoms with Crippen LogP contribution in [0.2, 0.25) is 0 Å². The average molecular weight is 675 g/mol. The van der Waals surface area contributed by atoms with Gasteiger partial charge in [0, 0.05) is 48.9 Å². The number of piperidine rings is 1. The maximum Gasteiger partial charge on any atom is 0.255 e. The van der Waals surface area contributed by atoms with E-state index in [1.807, 2.05) is 0 Å². The van der Waals surface area contributed by atoms with Gasteiger partial charge in [0.1, 0.15) is 18.3 Å². The van der Waals surface area contributed by atoms with Gasteiger partial charge in [0.25, 0.3) is 11.8 Å². The number of hydrogen-bond acceptors (Lipinski definition) is 9. The summed E-state index contributed by atoms with van der Waals surface area (Å²) in [4.78, 5) is 67.4. The first-order valence-electron chi connectivity index (χ1n) is 15.3. The summed E-state index contributed by atoms with van der Waals surface area (Å²) in [5, 5.41) is 5.53. The number of carbonyl (C=O) groups excluding carboxylic acids is 5. The minimum atomic E-state index is -2.02. The molecule has 252 valence electrons. The summed E-state index contributed by atoms with van der Waals surface area (Å²) in [5.74, 6) is -2.75. The highest BCUT2D eigenvalue weighted by Crippen LogP contribution is 2.35. The molecule has 2 aromatic rings. The summed E-state index contributed by atoms with van der Waals surface area (Å²) in [6.45, 7) is 2.65. The Morgan fingerprint density at radius 3 is 2.70 bits per heavy atom. The zero-order chi connectivity index (χ0) is 33.7. The predicted molar refractivity (Wildman–Crippen MR) is 168 cm³/mol. The smallest absolute Gasteiger partial charge is 0.255 e. The number of hydrogen-bond donors (Lipinski definition) is 3. The van der Waals surface area contributed by atoms with Gasteiger partial charge in [-0.25, -0.2) is 8.60 Å². The molecule has 47 heavy (non-hydrogen) atoms. The highest BCUT2D eigenvalue weighted by molar-refractivity contribution is 7.85. The molecule has 3 saturated heterocycles. The molecule has 3 heterocycles. The first-order valence-corrected chi connectivity index (χ1v) is 16.4. The molecule has 4 amide bonds. The molecule has 0 radical (unpaired) electrons. The number of nitrogens with zero attached hydrogens (tertiary/aromatic N) is 3. The van der Waals surface area contributed by atoms with Gasteiger partial charge in [0.05, 0.1) is 5.56 Å². The number of rotatable bonds is 13. The number of benzene rings is 2. The Morgan fingerprint density at radius 2 is 2.00 bits per heavy atom. The van der Waals surface area contributed by atoms with Crippen molar-refractivity contribution in [2.24, 2.45) is 5.92 Å². The third kappa shape index (κ3) is 7.93. The molecule has 3 N–H and O–H groups in total. The van der Waals surface area contributed by atoms with E-state index >= 15 is 0 Å². The molecule has 3 aliphatic rings. The topological polar surface area (TPSA) is 157 Å². The number of nitrogens with one attached hydrogen (secondary N) is 3. The molecule has 0 spiro atoms. The number of anilines is 2. The van der Waals surface area contributed by atoms with E-state index in [9.17, 15) is 37.1 Å². The summed E-state index contributed by atoms with van der Waals surface area (Å²) in [7, 11) is 1.48. The highest BCUT2D eigenvalue weighted by Gasteiger charge is 2.34. The maximum atomic E-state index is 14.9. The van der Waals surface area contributed by atoms with Gasteiger partial charge in [-0.3, -0.25) is 43.3 Å². The molecule has 3 unspecified atom stereocenters. The van der Waals surface area contributed by atoms with E-state index < -0.39 is 46.5 Å². The van der Waals surface area contributed by atoms with E-state index in [2.05, 4.69) is 25.2 Å². The Bertz CT molecular complexity index is 1590. The molecule has 0 aliphatic carbocycles. The van der Waals surface area contributed by atoms with Crippen molar-refractivity contribution in [3.63, 3.8) is 0 Å². The van der Waals surface area contributed by atoms with Crippen LogP contribution >= 0.6 is 0 Å². The van der Waals surface area contributed by atoms with Crippen LogP contribution in [0.4, 0.5) is 20.3 Å². The molecule has 0 bridgehead atoms. The lowest BCUT2D eigenvalue weighted by Crippen LogP contribution is -2.53. The van der Waals surface area contributed by atoms with Crippen LogP contribution in [0.1, 0.15) is 58.4 Å². The first kappa shape index (κ1) is 33.9. The van der Waals surface area contributed by atoms with E-state index in [4.69, 9.17) is 0 Å². The van der Waals surface area contributed by atoms with Crippen molar-refractivity contribution in [1.82, 2.24) is 19.8 Å². The molecule has 2 aromatic carbocycles. The van der Waals surface area contributed by atoms with Crippen molar-refractivity contribution in [2.45, 2.75) is 44.6 Å². The van der Waals surface area contributed by atoms with Gasteiger partial charge in [-0.05, 0) is 80.5 Å². The molecule has 5 rings (SSSR count). The van der Waals surface area contributed by atoms with Crippen molar-refractivity contribution in [3.8, 4) is 5.75 Å². The lowest BCUT2D eigenvalue weighted by atomic mass is 10.0.